The third-order valence-corrected chi connectivity index (χ3v) is 5.57. The highest BCUT2D eigenvalue weighted by molar-refractivity contribution is 5.89. The molecule has 3 N–H and O–H groups in total. The topological polar surface area (TPSA) is 90.5 Å². The van der Waals surface area contributed by atoms with Gasteiger partial charge in [0.2, 0.25) is 11.8 Å². The molecule has 1 aliphatic heterocycles. The quantitative estimate of drug-likeness (QED) is 0.641. The normalized spacial score (nSPS) is 19.1. The molecule has 0 radical (unpaired) electrons. The number of para-hydroxylation sites is 1. The highest BCUT2D eigenvalue weighted by atomic mass is 19.1. The first-order chi connectivity index (χ1) is 15.8. The molecule has 1 aliphatic rings. The fraction of sp³-hybridized carbons (Fsp3) is 0.375. The van der Waals surface area contributed by atoms with E-state index in [1.54, 1.807) is 19.2 Å². The number of carbonyl (C=O) groups excluding carboxylic acids is 3. The van der Waals surface area contributed by atoms with Gasteiger partial charge >= 0.3 is 6.03 Å². The Morgan fingerprint density at radius 2 is 1.76 bits per heavy atom. The average Bonchev–Trinajstić information content (AvgIpc) is 2.82. The molecule has 176 valence electrons. The van der Waals surface area contributed by atoms with Crippen LogP contribution in [-0.4, -0.2) is 42.4 Å². The average molecular weight is 459 g/mol. The molecule has 0 aliphatic carbocycles. The number of hydrogen-bond acceptors (Lipinski definition) is 3. The van der Waals surface area contributed by atoms with Crippen molar-refractivity contribution in [3.8, 4) is 0 Å². The molecule has 2 aromatic rings. The van der Waals surface area contributed by atoms with Crippen molar-refractivity contribution < 1.29 is 23.2 Å². The largest absolute Gasteiger partial charge is 0.352 e. The lowest BCUT2D eigenvalue weighted by Gasteiger charge is -2.24. The van der Waals surface area contributed by atoms with Gasteiger partial charge < -0.3 is 20.9 Å². The molecule has 1 heterocycles. The van der Waals surface area contributed by atoms with E-state index in [4.69, 9.17) is 0 Å². The molecule has 0 saturated carbocycles. The Hall–Kier alpha value is -3.49. The van der Waals surface area contributed by atoms with E-state index in [2.05, 4.69) is 16.0 Å². The van der Waals surface area contributed by atoms with Gasteiger partial charge in [-0.25, -0.2) is 13.6 Å². The second-order valence-corrected chi connectivity index (χ2v) is 8.26. The summed E-state index contributed by atoms with van der Waals surface area (Å²) in [6.07, 6.45) is 1.72. The summed E-state index contributed by atoms with van der Waals surface area (Å²) in [5.41, 5.74) is 0.971. The zero-order valence-electron chi connectivity index (χ0n) is 18.4. The Kier molecular flexibility index (Phi) is 8.34. The van der Waals surface area contributed by atoms with E-state index in [1.807, 2.05) is 18.2 Å². The van der Waals surface area contributed by atoms with Crippen LogP contribution in [0, 0.1) is 17.6 Å². The van der Waals surface area contributed by atoms with Gasteiger partial charge in [-0.1, -0.05) is 24.6 Å². The number of nitrogens with zero attached hydrogens (tertiary/aromatic N) is 1. The van der Waals surface area contributed by atoms with Crippen molar-refractivity contribution in [1.29, 1.82) is 0 Å². The van der Waals surface area contributed by atoms with E-state index in [1.165, 1.54) is 4.90 Å². The van der Waals surface area contributed by atoms with E-state index in [0.717, 1.165) is 18.2 Å². The number of likely N-dealkylation sites (N-methyl/N-ethyl adjacent to an activating group) is 1. The van der Waals surface area contributed by atoms with Crippen LogP contribution >= 0.6 is 0 Å². The summed E-state index contributed by atoms with van der Waals surface area (Å²) in [7, 11) is 1.64. The Labute approximate surface area is 191 Å². The van der Waals surface area contributed by atoms with Crippen LogP contribution in [0.4, 0.5) is 19.3 Å². The molecule has 7 nitrogen and oxygen atoms in total. The first-order valence-corrected chi connectivity index (χ1v) is 10.9. The zero-order valence-corrected chi connectivity index (χ0v) is 18.4. The van der Waals surface area contributed by atoms with Gasteiger partial charge in [0.25, 0.3) is 0 Å². The number of benzene rings is 2. The monoisotopic (exact) mass is 458 g/mol. The Morgan fingerprint density at radius 1 is 1.06 bits per heavy atom. The number of halogens is 2. The standard InChI is InChI=1S/C24H28F2N4O3/c1-30-15-21(29-24(33)28-20-7-3-2-4-8-20)9-5-6-17(12-22(30)31)23(32)27-14-16-10-18(25)13-19(26)11-16/h2-4,7-8,10-11,13,17,21H,5-6,9,12,14-15H2,1H3,(H,27,32)(H2,28,29,33). The van der Waals surface area contributed by atoms with E-state index < -0.39 is 17.6 Å². The van der Waals surface area contributed by atoms with Crippen LogP contribution in [0.25, 0.3) is 0 Å². The SMILES string of the molecule is CN1CC(NC(=O)Nc2ccccc2)CCCC(C(=O)NCc2cc(F)cc(F)c2)CC1=O. The molecular formula is C24H28F2N4O3. The Balaban J connectivity index is 1.55. The van der Waals surface area contributed by atoms with Crippen LogP contribution in [0.5, 0.6) is 0 Å². The van der Waals surface area contributed by atoms with Crippen LogP contribution in [0.1, 0.15) is 31.2 Å². The summed E-state index contributed by atoms with van der Waals surface area (Å²) in [6.45, 7) is 0.301. The van der Waals surface area contributed by atoms with Crippen LogP contribution in [-0.2, 0) is 16.1 Å². The number of nitrogens with one attached hydrogen (secondary N) is 3. The van der Waals surface area contributed by atoms with E-state index >= 15 is 0 Å². The molecule has 1 saturated heterocycles. The number of hydrogen-bond donors (Lipinski definition) is 3. The minimum Gasteiger partial charge on any atom is -0.352 e. The summed E-state index contributed by atoms with van der Waals surface area (Å²) in [5, 5.41) is 8.34. The van der Waals surface area contributed by atoms with Crippen molar-refractivity contribution in [2.75, 3.05) is 18.9 Å². The van der Waals surface area contributed by atoms with Crippen molar-refractivity contribution in [2.24, 2.45) is 5.92 Å². The molecule has 0 spiro atoms. The van der Waals surface area contributed by atoms with E-state index in [9.17, 15) is 23.2 Å². The van der Waals surface area contributed by atoms with Gasteiger partial charge in [-0.2, -0.15) is 0 Å². The number of urea groups is 1. The fourth-order valence-corrected chi connectivity index (χ4v) is 3.87. The van der Waals surface area contributed by atoms with Crippen molar-refractivity contribution in [1.82, 2.24) is 15.5 Å². The zero-order chi connectivity index (χ0) is 23.8. The van der Waals surface area contributed by atoms with Crippen molar-refractivity contribution in [2.45, 2.75) is 38.3 Å². The molecule has 0 aromatic heterocycles. The molecule has 2 aromatic carbocycles. The molecule has 9 heteroatoms. The number of rotatable bonds is 5. The maximum atomic E-state index is 13.4. The predicted octanol–water partition coefficient (Wildman–Crippen LogP) is 3.42. The second kappa shape index (κ2) is 11.4. The molecule has 2 atom stereocenters. The third kappa shape index (κ3) is 7.55. The lowest BCUT2D eigenvalue weighted by atomic mass is 9.96. The van der Waals surface area contributed by atoms with Gasteiger partial charge in [-0.15, -0.1) is 0 Å². The van der Waals surface area contributed by atoms with E-state index in [0.29, 0.717) is 37.1 Å². The third-order valence-electron chi connectivity index (χ3n) is 5.57. The first-order valence-electron chi connectivity index (χ1n) is 10.9. The minimum absolute atomic E-state index is 0.0299. The van der Waals surface area contributed by atoms with E-state index in [-0.39, 0.29) is 36.9 Å². The number of amides is 4. The molecule has 4 amide bonds. The maximum absolute atomic E-state index is 13.4. The van der Waals surface area contributed by atoms with Gasteiger partial charge in [-0.05, 0) is 42.7 Å². The predicted molar refractivity (Wildman–Crippen MR) is 120 cm³/mol. The van der Waals surface area contributed by atoms with Crippen LogP contribution < -0.4 is 16.0 Å². The summed E-state index contributed by atoms with van der Waals surface area (Å²) in [5.74, 6) is -2.53. The lowest BCUT2D eigenvalue weighted by molar-refractivity contribution is -0.135. The van der Waals surface area contributed by atoms with Crippen LogP contribution in [0.3, 0.4) is 0 Å². The van der Waals surface area contributed by atoms with Gasteiger partial charge in [0.05, 0.1) is 0 Å². The maximum Gasteiger partial charge on any atom is 0.319 e. The van der Waals surface area contributed by atoms with Gasteiger partial charge in [-0.3, -0.25) is 9.59 Å². The molecular weight excluding hydrogens is 430 g/mol. The van der Waals surface area contributed by atoms with Crippen molar-refractivity contribution in [3.05, 3.63) is 65.7 Å². The Morgan fingerprint density at radius 3 is 2.45 bits per heavy atom. The van der Waals surface area contributed by atoms with Crippen LogP contribution in [0.15, 0.2) is 48.5 Å². The number of anilines is 1. The molecule has 1 fully saturated rings. The summed E-state index contributed by atoms with van der Waals surface area (Å²) >= 11 is 0. The summed E-state index contributed by atoms with van der Waals surface area (Å²) in [6, 6.07) is 11.5. The minimum atomic E-state index is -0.715. The molecule has 0 bridgehead atoms. The Bertz CT molecular complexity index is 967. The van der Waals surface area contributed by atoms with Gasteiger partial charge in [0.1, 0.15) is 11.6 Å². The van der Waals surface area contributed by atoms with Crippen LogP contribution in [0.2, 0.25) is 0 Å². The molecule has 3 rings (SSSR count). The van der Waals surface area contributed by atoms with Crippen molar-refractivity contribution >= 4 is 23.5 Å². The fourth-order valence-electron chi connectivity index (χ4n) is 3.87. The molecule has 33 heavy (non-hydrogen) atoms. The smallest absolute Gasteiger partial charge is 0.319 e. The van der Waals surface area contributed by atoms with Crippen molar-refractivity contribution in [3.63, 3.8) is 0 Å². The summed E-state index contributed by atoms with van der Waals surface area (Å²) in [4.78, 5) is 39.2. The van der Waals surface area contributed by atoms with Gasteiger partial charge in [0, 0.05) is 50.3 Å². The first kappa shape index (κ1) is 24.2. The summed E-state index contributed by atoms with van der Waals surface area (Å²) < 4.78 is 26.7. The van der Waals surface area contributed by atoms with Gasteiger partial charge in [0.15, 0.2) is 0 Å². The number of carbonyl (C=O) groups is 3. The molecule has 2 unspecified atom stereocenters. The lowest BCUT2D eigenvalue weighted by Crippen LogP contribution is -2.45. The highest BCUT2D eigenvalue weighted by Crippen LogP contribution is 2.19. The highest BCUT2D eigenvalue weighted by Gasteiger charge is 2.27. The second-order valence-electron chi connectivity index (χ2n) is 8.26.